The summed E-state index contributed by atoms with van der Waals surface area (Å²) in [7, 11) is 0. The van der Waals surface area contributed by atoms with Crippen molar-refractivity contribution in [3.63, 3.8) is 0 Å². The Hall–Kier alpha value is -8.01. The number of rotatable bonds is 7. The lowest BCUT2D eigenvalue weighted by atomic mass is 10.0. The fourth-order valence-electron chi connectivity index (χ4n) is 7.88. The van der Waals surface area contributed by atoms with Crippen molar-refractivity contribution in [2.24, 2.45) is 0 Å². The van der Waals surface area contributed by atoms with Crippen molar-refractivity contribution in [1.29, 1.82) is 0 Å². The van der Waals surface area contributed by atoms with Crippen molar-refractivity contribution in [1.82, 2.24) is 19.9 Å². The number of aromatic nitrogens is 4. The van der Waals surface area contributed by atoms with Crippen LogP contribution in [-0.4, -0.2) is 19.9 Å². The lowest BCUT2D eigenvalue weighted by Crippen LogP contribution is -1.98. The molecule has 6 nitrogen and oxygen atoms in total. The van der Waals surface area contributed by atoms with Crippen LogP contribution < -0.4 is 5.32 Å². The SMILES string of the molecule is [C-]#[N+]c1ccc(CNc2ccc(-c3c4nc(c(-c5ccccc5)c5ccc([nH]5)c(-c5ccccc5)c5nc(c(-c6ccccc6)c6ccc3[nH]6)C=C5)C=C4)cc2)cc1. The molecule has 0 saturated carbocycles. The van der Waals surface area contributed by atoms with Crippen LogP contribution >= 0.6 is 0 Å². The Morgan fingerprint density at radius 3 is 1.14 bits per heavy atom. The zero-order valence-electron chi connectivity index (χ0n) is 31.4. The summed E-state index contributed by atoms with van der Waals surface area (Å²) in [6, 6.07) is 56.3. The molecule has 0 spiro atoms. The first-order valence-electron chi connectivity index (χ1n) is 19.3. The third-order valence-electron chi connectivity index (χ3n) is 10.7. The van der Waals surface area contributed by atoms with Gasteiger partial charge >= 0.3 is 0 Å². The van der Waals surface area contributed by atoms with Crippen LogP contribution in [0.15, 0.2) is 164 Å². The van der Waals surface area contributed by atoms with Gasteiger partial charge in [-0.25, -0.2) is 14.8 Å². The van der Waals surface area contributed by atoms with E-state index in [1.54, 1.807) is 0 Å². The molecule has 0 saturated heterocycles. The van der Waals surface area contributed by atoms with Gasteiger partial charge in [0.1, 0.15) is 0 Å². The van der Waals surface area contributed by atoms with Crippen LogP contribution in [-0.2, 0) is 6.54 Å². The molecule has 6 heteroatoms. The average Bonchev–Trinajstić information content (AvgIpc) is 4.13. The maximum absolute atomic E-state index is 7.26. The number of anilines is 1. The monoisotopic (exact) mass is 744 g/mol. The van der Waals surface area contributed by atoms with Gasteiger partial charge in [-0.2, -0.15) is 0 Å². The molecule has 58 heavy (non-hydrogen) atoms. The molecule has 0 unspecified atom stereocenters. The number of benzene rings is 5. The van der Waals surface area contributed by atoms with Gasteiger partial charge in [-0.15, -0.1) is 0 Å². The van der Waals surface area contributed by atoms with Gasteiger partial charge in [-0.05, 0) is 88.5 Å². The van der Waals surface area contributed by atoms with E-state index in [-0.39, 0.29) is 0 Å². The Morgan fingerprint density at radius 1 is 0.414 bits per heavy atom. The Morgan fingerprint density at radius 2 is 0.776 bits per heavy atom. The van der Waals surface area contributed by atoms with Gasteiger partial charge < -0.3 is 15.3 Å². The minimum Gasteiger partial charge on any atom is -0.381 e. The van der Waals surface area contributed by atoms with Crippen LogP contribution in [0.2, 0.25) is 0 Å². The summed E-state index contributed by atoms with van der Waals surface area (Å²) in [6.45, 7) is 7.91. The van der Waals surface area contributed by atoms with Gasteiger partial charge in [0.2, 0.25) is 0 Å². The van der Waals surface area contributed by atoms with Gasteiger partial charge in [-0.3, -0.25) is 0 Å². The number of nitrogens with one attached hydrogen (secondary N) is 3. The van der Waals surface area contributed by atoms with Crippen LogP contribution in [0.3, 0.4) is 0 Å². The van der Waals surface area contributed by atoms with Crippen molar-refractivity contribution in [3.8, 4) is 44.5 Å². The van der Waals surface area contributed by atoms with E-state index in [1.165, 1.54) is 0 Å². The normalized spacial score (nSPS) is 11.7. The molecule has 5 heterocycles. The van der Waals surface area contributed by atoms with Gasteiger partial charge in [-0.1, -0.05) is 127 Å². The van der Waals surface area contributed by atoms with E-state index < -0.39 is 0 Å². The van der Waals surface area contributed by atoms with E-state index in [9.17, 15) is 0 Å². The third-order valence-corrected chi connectivity index (χ3v) is 10.7. The van der Waals surface area contributed by atoms with E-state index in [0.717, 1.165) is 101 Å². The number of H-pyrrole nitrogens is 2. The van der Waals surface area contributed by atoms with Crippen LogP contribution in [0.25, 0.3) is 95.7 Å². The van der Waals surface area contributed by atoms with Crippen molar-refractivity contribution in [2.45, 2.75) is 6.54 Å². The van der Waals surface area contributed by atoms with E-state index >= 15 is 0 Å². The Bertz CT molecular complexity index is 3040. The van der Waals surface area contributed by atoms with E-state index in [1.807, 2.05) is 42.5 Å². The lowest BCUT2D eigenvalue weighted by Gasteiger charge is -2.09. The van der Waals surface area contributed by atoms with Crippen molar-refractivity contribution >= 4 is 57.7 Å². The maximum Gasteiger partial charge on any atom is 0.187 e. The van der Waals surface area contributed by atoms with Crippen LogP contribution in [0.5, 0.6) is 0 Å². The van der Waals surface area contributed by atoms with Crippen molar-refractivity contribution < 1.29 is 0 Å². The van der Waals surface area contributed by atoms with Crippen molar-refractivity contribution in [2.75, 3.05) is 5.32 Å². The summed E-state index contributed by atoms with van der Waals surface area (Å²) in [5, 5.41) is 3.54. The van der Waals surface area contributed by atoms with E-state index in [2.05, 4.69) is 166 Å². The van der Waals surface area contributed by atoms with Gasteiger partial charge in [0, 0.05) is 56.6 Å². The second-order valence-electron chi connectivity index (χ2n) is 14.3. The quantitative estimate of drug-likeness (QED) is 0.142. The molecule has 0 fully saturated rings. The second kappa shape index (κ2) is 14.9. The first-order valence-corrected chi connectivity index (χ1v) is 19.3. The highest BCUT2D eigenvalue weighted by Crippen LogP contribution is 2.38. The van der Waals surface area contributed by atoms with Crippen LogP contribution in [0.1, 0.15) is 28.3 Å². The summed E-state index contributed by atoms with van der Waals surface area (Å²) in [5.41, 5.74) is 18.4. The largest absolute Gasteiger partial charge is 0.381 e. The Balaban J connectivity index is 1.24. The minimum absolute atomic E-state index is 0.641. The topological polar surface area (TPSA) is 73.8 Å². The summed E-state index contributed by atoms with van der Waals surface area (Å²) >= 11 is 0. The summed E-state index contributed by atoms with van der Waals surface area (Å²) in [6.07, 6.45) is 8.52. The zero-order chi connectivity index (χ0) is 38.8. The Labute approximate surface area is 336 Å². The molecule has 0 amide bonds. The molecular weight excluding hydrogens is 709 g/mol. The first-order chi connectivity index (χ1) is 28.7. The predicted molar refractivity (Wildman–Crippen MR) is 241 cm³/mol. The molecule has 10 rings (SSSR count). The molecule has 274 valence electrons. The number of hydrogen-bond donors (Lipinski definition) is 3. The maximum atomic E-state index is 7.26. The number of hydrogen-bond acceptors (Lipinski definition) is 3. The molecule has 0 aliphatic carbocycles. The minimum atomic E-state index is 0.641. The predicted octanol–water partition coefficient (Wildman–Crippen LogP) is 13.5. The molecule has 5 aromatic carbocycles. The lowest BCUT2D eigenvalue weighted by molar-refractivity contribution is 1.15. The highest BCUT2D eigenvalue weighted by atomic mass is 14.9. The molecule has 8 aromatic rings. The number of nitrogens with zero attached hydrogens (tertiary/aromatic N) is 3. The second-order valence-corrected chi connectivity index (χ2v) is 14.3. The van der Waals surface area contributed by atoms with Crippen LogP contribution in [0, 0.1) is 6.57 Å². The molecule has 2 aliphatic heterocycles. The smallest absolute Gasteiger partial charge is 0.187 e. The molecule has 0 atom stereocenters. The molecule has 0 radical (unpaired) electrons. The number of fused-ring (bicyclic) bond motifs is 8. The fraction of sp³-hybridized carbons (Fsp3) is 0.0192. The standard InChI is InChI=1S/C52H36N6/c1-53-39-21-17-34(18-22-39)33-54-40-23-19-38(20-24-40)52-47-31-29-45(57-47)50(36-13-7-3-8-14-36)43-27-25-41(55-43)49(35-11-5-2-6-12-35)42-26-28-44(56-42)51(37-15-9-4-10-16-37)46-30-32-48(52)58-46/h2-32,54-55,58H,33H2. The zero-order valence-corrected chi connectivity index (χ0v) is 31.4. The highest BCUT2D eigenvalue weighted by Gasteiger charge is 2.19. The van der Waals surface area contributed by atoms with Gasteiger partial charge in [0.15, 0.2) is 5.69 Å². The number of aromatic amines is 2. The fourth-order valence-corrected chi connectivity index (χ4v) is 7.88. The summed E-state index contributed by atoms with van der Waals surface area (Å²) < 4.78 is 0. The third kappa shape index (κ3) is 6.57. The molecular formula is C52H36N6. The molecule has 2 aliphatic rings. The molecule has 3 N–H and O–H groups in total. The van der Waals surface area contributed by atoms with Crippen LogP contribution in [0.4, 0.5) is 11.4 Å². The molecule has 3 aromatic heterocycles. The highest BCUT2D eigenvalue weighted by molar-refractivity contribution is 5.99. The van der Waals surface area contributed by atoms with Gasteiger partial charge in [0.25, 0.3) is 0 Å². The van der Waals surface area contributed by atoms with E-state index in [4.69, 9.17) is 16.5 Å². The summed E-state index contributed by atoms with van der Waals surface area (Å²) in [4.78, 5) is 22.0. The average molecular weight is 745 g/mol. The molecule has 8 bridgehead atoms. The van der Waals surface area contributed by atoms with Gasteiger partial charge in [0.05, 0.1) is 29.3 Å². The van der Waals surface area contributed by atoms with E-state index in [0.29, 0.717) is 12.2 Å². The Kier molecular flexibility index (Phi) is 8.86. The first kappa shape index (κ1) is 34.5. The summed E-state index contributed by atoms with van der Waals surface area (Å²) in [5.74, 6) is 0. The van der Waals surface area contributed by atoms with Crippen molar-refractivity contribution in [3.05, 3.63) is 204 Å².